The third kappa shape index (κ3) is 5.50. The molecule has 0 heterocycles. The molecule has 132 valence electrons. The van der Waals surface area contributed by atoms with Crippen LogP contribution >= 0.6 is 11.6 Å². The highest BCUT2D eigenvalue weighted by Gasteiger charge is 2.16. The second-order valence-corrected chi connectivity index (χ2v) is 6.37. The van der Waals surface area contributed by atoms with Crippen molar-refractivity contribution < 1.29 is 14.3 Å². The monoisotopic (exact) mass is 360 g/mol. The van der Waals surface area contributed by atoms with E-state index in [0.29, 0.717) is 22.3 Å². The quantitative estimate of drug-likeness (QED) is 0.799. The first-order valence-electron chi connectivity index (χ1n) is 7.99. The van der Waals surface area contributed by atoms with Crippen LogP contribution in [-0.2, 0) is 4.79 Å². The van der Waals surface area contributed by atoms with E-state index >= 15 is 0 Å². The van der Waals surface area contributed by atoms with Gasteiger partial charge in [0.1, 0.15) is 5.75 Å². The van der Waals surface area contributed by atoms with Gasteiger partial charge in [0, 0.05) is 10.6 Å². The molecule has 0 aliphatic carbocycles. The second-order valence-electron chi connectivity index (χ2n) is 5.94. The van der Waals surface area contributed by atoms with Crippen molar-refractivity contribution in [2.75, 3.05) is 0 Å². The third-order valence-corrected chi connectivity index (χ3v) is 3.86. The summed E-state index contributed by atoms with van der Waals surface area (Å²) in [5.41, 5.74) is 6.23. The molecule has 2 amide bonds. The van der Waals surface area contributed by atoms with Gasteiger partial charge in [-0.2, -0.15) is 0 Å². The Morgan fingerprint density at radius 1 is 1.00 bits per heavy atom. The highest BCUT2D eigenvalue weighted by molar-refractivity contribution is 6.30. The van der Waals surface area contributed by atoms with Gasteiger partial charge in [-0.1, -0.05) is 37.6 Å². The lowest BCUT2D eigenvalue weighted by Gasteiger charge is -2.16. The van der Waals surface area contributed by atoms with Crippen molar-refractivity contribution in [1.29, 1.82) is 0 Å². The molecule has 2 N–H and O–H groups in total. The number of amides is 2. The van der Waals surface area contributed by atoms with E-state index in [9.17, 15) is 9.59 Å². The Morgan fingerprint density at radius 2 is 1.68 bits per heavy atom. The Balaban J connectivity index is 1.88. The van der Waals surface area contributed by atoms with Gasteiger partial charge in [0.15, 0.2) is 6.10 Å². The van der Waals surface area contributed by atoms with Gasteiger partial charge >= 0.3 is 0 Å². The number of hydrogen-bond acceptors (Lipinski definition) is 3. The van der Waals surface area contributed by atoms with Gasteiger partial charge in [0.25, 0.3) is 11.8 Å². The Bertz CT molecular complexity index is 745. The third-order valence-electron chi connectivity index (χ3n) is 3.61. The number of ether oxygens (including phenoxy) is 1. The van der Waals surface area contributed by atoms with Gasteiger partial charge in [-0.15, -0.1) is 0 Å². The fourth-order valence-corrected chi connectivity index (χ4v) is 2.22. The Labute approximate surface area is 152 Å². The van der Waals surface area contributed by atoms with E-state index < -0.39 is 17.9 Å². The summed E-state index contributed by atoms with van der Waals surface area (Å²) in [6.07, 6.45) is -0.757. The van der Waals surface area contributed by atoms with E-state index in [1.54, 1.807) is 37.3 Å². The number of hydrazine groups is 1. The van der Waals surface area contributed by atoms with Crippen LogP contribution in [-0.4, -0.2) is 17.9 Å². The van der Waals surface area contributed by atoms with Crippen LogP contribution < -0.4 is 15.6 Å². The highest BCUT2D eigenvalue weighted by Crippen LogP contribution is 2.21. The number of halogens is 1. The summed E-state index contributed by atoms with van der Waals surface area (Å²) in [6, 6.07) is 13.9. The maximum absolute atomic E-state index is 12.1. The average Bonchev–Trinajstić information content (AvgIpc) is 2.60. The molecule has 0 saturated heterocycles. The number of nitrogens with one attached hydrogen (secondary N) is 2. The van der Waals surface area contributed by atoms with Crippen molar-refractivity contribution in [3.63, 3.8) is 0 Å². The van der Waals surface area contributed by atoms with E-state index in [0.717, 1.165) is 5.56 Å². The molecule has 2 rings (SSSR count). The van der Waals surface area contributed by atoms with Crippen LogP contribution in [0.1, 0.15) is 42.6 Å². The SMILES string of the molecule is CC(Oc1cccc(C(C)C)c1)C(=O)NNC(=O)c1ccc(Cl)cc1. The summed E-state index contributed by atoms with van der Waals surface area (Å²) in [4.78, 5) is 24.0. The maximum Gasteiger partial charge on any atom is 0.279 e. The number of rotatable bonds is 5. The Kier molecular flexibility index (Phi) is 6.42. The zero-order valence-electron chi connectivity index (χ0n) is 14.4. The predicted octanol–water partition coefficient (Wildman–Crippen LogP) is 3.69. The fourth-order valence-electron chi connectivity index (χ4n) is 2.10. The molecule has 0 bridgehead atoms. The van der Waals surface area contributed by atoms with Crippen LogP contribution in [0, 0.1) is 0 Å². The van der Waals surface area contributed by atoms with Crippen LogP contribution in [0.25, 0.3) is 0 Å². The lowest BCUT2D eigenvalue weighted by molar-refractivity contribution is -0.128. The Morgan fingerprint density at radius 3 is 2.32 bits per heavy atom. The molecule has 6 heteroatoms. The number of benzene rings is 2. The van der Waals surface area contributed by atoms with Gasteiger partial charge in [-0.3, -0.25) is 20.4 Å². The van der Waals surface area contributed by atoms with Gasteiger partial charge < -0.3 is 4.74 Å². The van der Waals surface area contributed by atoms with E-state index in [4.69, 9.17) is 16.3 Å². The van der Waals surface area contributed by atoms with Crippen molar-refractivity contribution in [1.82, 2.24) is 10.9 Å². The van der Waals surface area contributed by atoms with E-state index in [2.05, 4.69) is 24.7 Å². The number of carbonyl (C=O) groups is 2. The van der Waals surface area contributed by atoms with Crippen molar-refractivity contribution in [3.05, 3.63) is 64.7 Å². The Hall–Kier alpha value is -2.53. The molecule has 25 heavy (non-hydrogen) atoms. The molecule has 0 fully saturated rings. The van der Waals surface area contributed by atoms with Gasteiger partial charge in [0.2, 0.25) is 0 Å². The van der Waals surface area contributed by atoms with Crippen LogP contribution in [0.15, 0.2) is 48.5 Å². The minimum Gasteiger partial charge on any atom is -0.481 e. The average molecular weight is 361 g/mol. The predicted molar refractivity (Wildman–Crippen MR) is 97.7 cm³/mol. The summed E-state index contributed by atoms with van der Waals surface area (Å²) >= 11 is 5.78. The van der Waals surface area contributed by atoms with Crippen LogP contribution in [0.4, 0.5) is 0 Å². The van der Waals surface area contributed by atoms with Crippen LogP contribution in [0.3, 0.4) is 0 Å². The standard InChI is InChI=1S/C19H21ClN2O3/c1-12(2)15-5-4-6-17(11-15)25-13(3)18(23)21-22-19(24)14-7-9-16(20)10-8-14/h4-13H,1-3H3,(H,21,23)(H,22,24). The van der Waals surface area contributed by atoms with Crippen molar-refractivity contribution in [2.24, 2.45) is 0 Å². The molecule has 0 aromatic heterocycles. The van der Waals surface area contributed by atoms with E-state index in [-0.39, 0.29) is 0 Å². The largest absolute Gasteiger partial charge is 0.481 e. The van der Waals surface area contributed by atoms with Crippen molar-refractivity contribution in [3.8, 4) is 5.75 Å². The normalized spacial score (nSPS) is 11.7. The first-order valence-corrected chi connectivity index (χ1v) is 8.37. The van der Waals surface area contributed by atoms with Gasteiger partial charge in [0.05, 0.1) is 0 Å². The van der Waals surface area contributed by atoms with Crippen LogP contribution in [0.2, 0.25) is 5.02 Å². The van der Waals surface area contributed by atoms with E-state index in [1.807, 2.05) is 18.2 Å². The molecular weight excluding hydrogens is 340 g/mol. The molecule has 0 saturated carbocycles. The molecule has 2 aromatic carbocycles. The first-order chi connectivity index (χ1) is 11.9. The summed E-state index contributed by atoms with van der Waals surface area (Å²) in [6.45, 7) is 5.79. The maximum atomic E-state index is 12.1. The molecule has 5 nitrogen and oxygen atoms in total. The molecule has 0 radical (unpaired) electrons. The van der Waals surface area contributed by atoms with Crippen LogP contribution in [0.5, 0.6) is 5.75 Å². The molecule has 1 unspecified atom stereocenters. The molecule has 2 aromatic rings. The zero-order chi connectivity index (χ0) is 18.4. The summed E-state index contributed by atoms with van der Waals surface area (Å²) in [5, 5.41) is 0.534. The number of carbonyl (C=O) groups excluding carboxylic acids is 2. The molecular formula is C19H21ClN2O3. The lowest BCUT2D eigenvalue weighted by Crippen LogP contribution is -2.47. The molecule has 0 aliphatic heterocycles. The van der Waals surface area contributed by atoms with Crippen molar-refractivity contribution in [2.45, 2.75) is 32.8 Å². The summed E-state index contributed by atoms with van der Waals surface area (Å²) in [5.74, 6) is 0.0977. The first kappa shape index (κ1) is 18.8. The van der Waals surface area contributed by atoms with E-state index in [1.165, 1.54) is 0 Å². The fraction of sp³-hybridized carbons (Fsp3) is 0.263. The molecule has 1 atom stereocenters. The minimum absolute atomic E-state index is 0.367. The topological polar surface area (TPSA) is 67.4 Å². The molecule has 0 spiro atoms. The van der Waals surface area contributed by atoms with Crippen molar-refractivity contribution >= 4 is 23.4 Å². The van der Waals surface area contributed by atoms with Gasteiger partial charge in [-0.05, 0) is 54.8 Å². The summed E-state index contributed by atoms with van der Waals surface area (Å²) in [7, 11) is 0. The zero-order valence-corrected chi connectivity index (χ0v) is 15.1. The minimum atomic E-state index is -0.757. The van der Waals surface area contributed by atoms with Gasteiger partial charge in [-0.25, -0.2) is 0 Å². The second kappa shape index (κ2) is 8.53. The summed E-state index contributed by atoms with van der Waals surface area (Å²) < 4.78 is 5.64. The lowest BCUT2D eigenvalue weighted by atomic mass is 10.0. The highest BCUT2D eigenvalue weighted by atomic mass is 35.5. The smallest absolute Gasteiger partial charge is 0.279 e. The molecule has 0 aliphatic rings. The number of hydrogen-bond donors (Lipinski definition) is 2.